The lowest BCUT2D eigenvalue weighted by molar-refractivity contribution is -0.702. The molecule has 4 nitrogen and oxygen atoms in total. The molecular weight excluding hydrogens is 178 g/mol. The minimum Gasteiger partial charge on any atom is -1.00 e. The Bertz CT molecular complexity index is 232. The zero-order valence-electron chi connectivity index (χ0n) is 6.57. The zero-order valence-corrected chi connectivity index (χ0v) is 7.33. The first-order chi connectivity index (χ1) is 5.36. The maximum absolute atomic E-state index is 8.77. The number of halogens is 1. The Kier molecular flexibility index (Phi) is 5.57. The van der Waals surface area contributed by atoms with Gasteiger partial charge in [0.2, 0.25) is 6.67 Å². The van der Waals surface area contributed by atoms with Crippen molar-refractivity contribution in [2.45, 2.75) is 13.3 Å². The first-order valence-corrected chi connectivity index (χ1v) is 3.39. The Hall–Kier alpha value is -0.680. The van der Waals surface area contributed by atoms with Gasteiger partial charge in [0.15, 0.2) is 12.4 Å². The third-order valence-electron chi connectivity index (χ3n) is 1.38. The first kappa shape index (κ1) is 11.3. The number of rotatable bonds is 3. The molecule has 0 amide bonds. The van der Waals surface area contributed by atoms with E-state index in [-0.39, 0.29) is 19.0 Å². The quantitative estimate of drug-likeness (QED) is 0.257. The van der Waals surface area contributed by atoms with Crippen molar-refractivity contribution < 1.29 is 22.1 Å². The summed E-state index contributed by atoms with van der Waals surface area (Å²) in [6.07, 6.45) is 3.71. The van der Waals surface area contributed by atoms with Gasteiger partial charge in [-0.2, -0.15) is 4.57 Å². The number of aromatic nitrogens is 1. The molecule has 5 heteroatoms. The Morgan fingerprint density at radius 1 is 1.58 bits per heavy atom. The molecule has 0 aliphatic rings. The van der Waals surface area contributed by atoms with Crippen LogP contribution in [0.2, 0.25) is 0 Å². The summed E-state index contributed by atoms with van der Waals surface area (Å²) < 4.78 is 1.85. The molecule has 0 saturated carbocycles. The summed E-state index contributed by atoms with van der Waals surface area (Å²) in [5.41, 5.74) is 3.39. The van der Waals surface area contributed by atoms with E-state index in [1.165, 1.54) is 0 Å². The summed E-state index contributed by atoms with van der Waals surface area (Å²) in [5.74, 6) is 5.12. The van der Waals surface area contributed by atoms with Gasteiger partial charge in [0.1, 0.15) is 0 Å². The standard InChI is InChI=1S/C7H12N3O.ClH/c8-9-6-10-3-1-2-7(4-10)5-11;/h1-4,9,11H,5-6,8H2;1H/q+1;/p-1. The molecule has 0 radical (unpaired) electrons. The number of hydrogen-bond acceptors (Lipinski definition) is 3. The van der Waals surface area contributed by atoms with E-state index in [9.17, 15) is 0 Å². The number of aliphatic hydroxyl groups excluding tert-OH is 1. The van der Waals surface area contributed by atoms with E-state index in [0.29, 0.717) is 6.67 Å². The maximum Gasteiger partial charge on any atom is 0.214 e. The molecule has 1 aromatic rings. The van der Waals surface area contributed by atoms with Gasteiger partial charge in [0.25, 0.3) is 0 Å². The molecule has 0 unspecified atom stereocenters. The molecule has 1 aromatic heterocycles. The second kappa shape index (κ2) is 5.91. The summed E-state index contributed by atoms with van der Waals surface area (Å²) in [4.78, 5) is 0. The van der Waals surface area contributed by atoms with Crippen LogP contribution in [0.1, 0.15) is 5.56 Å². The van der Waals surface area contributed by atoms with Crippen LogP contribution in [0.4, 0.5) is 0 Å². The number of hydrazine groups is 1. The van der Waals surface area contributed by atoms with Crippen LogP contribution in [0.5, 0.6) is 0 Å². The van der Waals surface area contributed by atoms with Gasteiger partial charge in [-0.15, -0.1) is 0 Å². The van der Waals surface area contributed by atoms with Gasteiger partial charge in [-0.05, 0) is 6.07 Å². The van der Waals surface area contributed by atoms with Crippen LogP contribution in [0.15, 0.2) is 24.5 Å². The number of aliphatic hydroxyl groups is 1. The average Bonchev–Trinajstić information content (AvgIpc) is 2.06. The van der Waals surface area contributed by atoms with Gasteiger partial charge in [-0.3, -0.25) is 5.84 Å². The van der Waals surface area contributed by atoms with Crippen molar-refractivity contribution in [3.05, 3.63) is 30.1 Å². The average molecular weight is 190 g/mol. The van der Waals surface area contributed by atoms with Gasteiger partial charge in [0, 0.05) is 11.6 Å². The van der Waals surface area contributed by atoms with Crippen molar-refractivity contribution in [3.8, 4) is 0 Å². The monoisotopic (exact) mass is 189 g/mol. The van der Waals surface area contributed by atoms with Gasteiger partial charge in [0.05, 0.1) is 6.61 Å². The summed E-state index contributed by atoms with van der Waals surface area (Å²) in [5, 5.41) is 8.77. The Morgan fingerprint density at radius 2 is 2.33 bits per heavy atom. The number of pyridine rings is 1. The summed E-state index contributed by atoms with van der Waals surface area (Å²) in [7, 11) is 0. The molecular formula is C7H12ClN3O. The fraction of sp³-hybridized carbons (Fsp3) is 0.286. The largest absolute Gasteiger partial charge is 1.00 e. The number of nitrogens with zero attached hydrogens (tertiary/aromatic N) is 1. The smallest absolute Gasteiger partial charge is 0.214 e. The molecule has 0 aromatic carbocycles. The normalized spacial score (nSPS) is 9.17. The van der Waals surface area contributed by atoms with Gasteiger partial charge >= 0.3 is 0 Å². The highest BCUT2D eigenvalue weighted by Crippen LogP contribution is 1.91. The van der Waals surface area contributed by atoms with Crippen LogP contribution in [-0.2, 0) is 13.3 Å². The molecule has 68 valence electrons. The minimum absolute atomic E-state index is 0. The Labute approximate surface area is 77.4 Å². The second-order valence-corrected chi connectivity index (χ2v) is 2.25. The predicted molar refractivity (Wildman–Crippen MR) is 39.9 cm³/mol. The van der Waals surface area contributed by atoms with E-state index >= 15 is 0 Å². The Morgan fingerprint density at radius 3 is 2.92 bits per heavy atom. The van der Waals surface area contributed by atoms with E-state index in [1.807, 2.05) is 29.1 Å². The first-order valence-electron chi connectivity index (χ1n) is 3.39. The fourth-order valence-corrected chi connectivity index (χ4v) is 0.874. The van der Waals surface area contributed by atoms with Crippen LogP contribution in [0.25, 0.3) is 0 Å². The van der Waals surface area contributed by atoms with Crippen molar-refractivity contribution in [1.82, 2.24) is 5.43 Å². The summed E-state index contributed by atoms with van der Waals surface area (Å²) >= 11 is 0. The Balaban J connectivity index is 0.00000121. The molecule has 1 rings (SSSR count). The van der Waals surface area contributed by atoms with Crippen LogP contribution in [-0.4, -0.2) is 5.11 Å². The van der Waals surface area contributed by atoms with Crippen molar-refractivity contribution in [1.29, 1.82) is 0 Å². The SMILES string of the molecule is NNC[n+]1cccc(CO)c1.[Cl-]. The minimum atomic E-state index is 0. The lowest BCUT2D eigenvalue weighted by Gasteiger charge is -1.96. The molecule has 0 aliphatic heterocycles. The van der Waals surface area contributed by atoms with E-state index in [1.54, 1.807) is 0 Å². The fourth-order valence-electron chi connectivity index (χ4n) is 0.874. The van der Waals surface area contributed by atoms with E-state index in [0.717, 1.165) is 5.56 Å². The maximum atomic E-state index is 8.77. The molecule has 12 heavy (non-hydrogen) atoms. The molecule has 0 bridgehead atoms. The predicted octanol–water partition coefficient (Wildman–Crippen LogP) is -4.11. The summed E-state index contributed by atoms with van der Waals surface area (Å²) in [6.45, 7) is 0.610. The summed E-state index contributed by atoms with van der Waals surface area (Å²) in [6, 6.07) is 3.72. The topological polar surface area (TPSA) is 62.2 Å². The van der Waals surface area contributed by atoms with Crippen molar-refractivity contribution in [2.75, 3.05) is 0 Å². The highest BCUT2D eigenvalue weighted by molar-refractivity contribution is 5.02. The van der Waals surface area contributed by atoms with Gasteiger partial charge < -0.3 is 17.5 Å². The van der Waals surface area contributed by atoms with Crippen molar-refractivity contribution in [3.63, 3.8) is 0 Å². The third-order valence-corrected chi connectivity index (χ3v) is 1.38. The number of nitrogens with one attached hydrogen (secondary N) is 1. The number of hydrogen-bond donors (Lipinski definition) is 3. The van der Waals surface area contributed by atoms with Crippen LogP contribution in [0.3, 0.4) is 0 Å². The molecule has 1 heterocycles. The second-order valence-electron chi connectivity index (χ2n) is 2.25. The van der Waals surface area contributed by atoms with Crippen molar-refractivity contribution >= 4 is 0 Å². The van der Waals surface area contributed by atoms with E-state index < -0.39 is 0 Å². The molecule has 0 atom stereocenters. The van der Waals surface area contributed by atoms with Gasteiger partial charge in [-0.1, -0.05) is 0 Å². The molecule has 0 fully saturated rings. The zero-order chi connectivity index (χ0) is 8.10. The van der Waals surface area contributed by atoms with Crippen molar-refractivity contribution in [2.24, 2.45) is 5.84 Å². The van der Waals surface area contributed by atoms with Gasteiger partial charge in [-0.25, -0.2) is 5.43 Å². The van der Waals surface area contributed by atoms with Crippen LogP contribution >= 0.6 is 0 Å². The van der Waals surface area contributed by atoms with E-state index in [4.69, 9.17) is 10.9 Å². The van der Waals surface area contributed by atoms with Crippen LogP contribution < -0.4 is 28.2 Å². The lowest BCUT2D eigenvalue weighted by atomic mass is 10.3. The van der Waals surface area contributed by atoms with Crippen LogP contribution in [0, 0.1) is 0 Å². The third kappa shape index (κ3) is 3.15. The molecule has 4 N–H and O–H groups in total. The molecule has 0 saturated heterocycles. The highest BCUT2D eigenvalue weighted by Gasteiger charge is 1.98. The molecule has 0 spiro atoms. The van der Waals surface area contributed by atoms with E-state index in [2.05, 4.69) is 5.43 Å². The number of nitrogens with two attached hydrogens (primary N) is 1. The highest BCUT2D eigenvalue weighted by atomic mass is 35.5. The molecule has 0 aliphatic carbocycles. The lowest BCUT2D eigenvalue weighted by Crippen LogP contribution is -3.00.